The molecule has 0 fully saturated rings. The largest absolute Gasteiger partial charge is 0.355 e. The first kappa shape index (κ1) is 19.6. The van der Waals surface area contributed by atoms with E-state index in [4.69, 9.17) is 0 Å². The van der Waals surface area contributed by atoms with Gasteiger partial charge in [-0.1, -0.05) is 36.4 Å². The first-order valence-corrected chi connectivity index (χ1v) is 8.78. The van der Waals surface area contributed by atoms with Crippen molar-refractivity contribution in [3.63, 3.8) is 0 Å². The van der Waals surface area contributed by atoms with Crippen LogP contribution in [0.2, 0.25) is 0 Å². The molecule has 0 aliphatic rings. The summed E-state index contributed by atoms with van der Waals surface area (Å²) in [7, 11) is 0. The molecule has 2 aromatic rings. The van der Waals surface area contributed by atoms with Crippen LogP contribution in [-0.4, -0.2) is 29.3 Å². The number of carbonyl (C=O) groups is 2. The molecule has 0 aromatic heterocycles. The summed E-state index contributed by atoms with van der Waals surface area (Å²) < 4.78 is 13.2. The molecule has 5 heteroatoms. The molecule has 0 saturated heterocycles. The van der Waals surface area contributed by atoms with Crippen molar-refractivity contribution in [1.29, 1.82) is 0 Å². The summed E-state index contributed by atoms with van der Waals surface area (Å²) in [5.74, 6) is -0.668. The highest BCUT2D eigenvalue weighted by Crippen LogP contribution is 2.15. The summed E-state index contributed by atoms with van der Waals surface area (Å²) in [6, 6.07) is 13.1. The Morgan fingerprint density at radius 1 is 1.12 bits per heavy atom. The van der Waals surface area contributed by atoms with E-state index in [-0.39, 0.29) is 30.6 Å². The van der Waals surface area contributed by atoms with Crippen LogP contribution in [0.5, 0.6) is 0 Å². The number of nitrogens with zero attached hydrogens (tertiary/aromatic N) is 1. The van der Waals surface area contributed by atoms with Crippen molar-refractivity contribution in [3.05, 3.63) is 71.0 Å². The van der Waals surface area contributed by atoms with Crippen LogP contribution in [0, 0.1) is 12.7 Å². The fourth-order valence-electron chi connectivity index (χ4n) is 2.76. The van der Waals surface area contributed by atoms with Gasteiger partial charge in [-0.05, 0) is 49.6 Å². The third kappa shape index (κ3) is 5.15. The fraction of sp³-hybridized carbons (Fsp3) is 0.333. The number of carbonyl (C=O) groups excluding carboxylic acids is 2. The van der Waals surface area contributed by atoms with Crippen molar-refractivity contribution in [2.45, 2.75) is 39.8 Å². The van der Waals surface area contributed by atoms with Crippen LogP contribution in [0.25, 0.3) is 0 Å². The van der Waals surface area contributed by atoms with Gasteiger partial charge in [-0.15, -0.1) is 0 Å². The second-order valence-corrected chi connectivity index (χ2v) is 6.32. The van der Waals surface area contributed by atoms with E-state index in [0.29, 0.717) is 6.54 Å². The molecule has 1 atom stereocenters. The molecule has 0 unspecified atom stereocenters. The van der Waals surface area contributed by atoms with Crippen LogP contribution in [0.4, 0.5) is 4.39 Å². The Morgan fingerprint density at radius 2 is 1.77 bits per heavy atom. The Bertz CT molecular complexity index is 759. The molecule has 0 aliphatic heterocycles. The molecule has 2 aromatic carbocycles. The van der Waals surface area contributed by atoms with E-state index in [0.717, 1.165) is 16.7 Å². The highest BCUT2D eigenvalue weighted by Gasteiger charge is 2.26. The van der Waals surface area contributed by atoms with E-state index in [1.807, 2.05) is 38.1 Å². The van der Waals surface area contributed by atoms with Crippen molar-refractivity contribution < 1.29 is 14.0 Å². The summed E-state index contributed by atoms with van der Waals surface area (Å²) in [5.41, 5.74) is 2.75. The predicted molar refractivity (Wildman–Crippen MR) is 100.0 cm³/mol. The molecule has 0 saturated carbocycles. The minimum Gasteiger partial charge on any atom is -0.355 e. The number of hydrogen-bond acceptors (Lipinski definition) is 2. The van der Waals surface area contributed by atoms with E-state index in [1.165, 1.54) is 12.1 Å². The third-order valence-electron chi connectivity index (χ3n) is 4.39. The number of hydrogen-bond donors (Lipinski definition) is 1. The normalized spacial score (nSPS) is 11.7. The van der Waals surface area contributed by atoms with Gasteiger partial charge in [0.25, 0.3) is 0 Å². The molecule has 1 N–H and O–H groups in total. The molecule has 2 amide bonds. The molecule has 26 heavy (non-hydrogen) atoms. The highest BCUT2D eigenvalue weighted by molar-refractivity contribution is 5.88. The Hall–Kier alpha value is -2.69. The van der Waals surface area contributed by atoms with Gasteiger partial charge in [0.05, 0.1) is 6.42 Å². The van der Waals surface area contributed by atoms with Gasteiger partial charge in [0.2, 0.25) is 11.8 Å². The lowest BCUT2D eigenvalue weighted by Gasteiger charge is -2.29. The average Bonchev–Trinajstić information content (AvgIpc) is 2.62. The summed E-state index contributed by atoms with van der Waals surface area (Å²) in [4.78, 5) is 26.8. The second-order valence-electron chi connectivity index (χ2n) is 6.32. The topological polar surface area (TPSA) is 49.4 Å². The Labute approximate surface area is 154 Å². The second kappa shape index (κ2) is 9.13. The van der Waals surface area contributed by atoms with Crippen molar-refractivity contribution in [1.82, 2.24) is 10.2 Å². The molecular formula is C21H25FN2O2. The maximum absolute atomic E-state index is 13.2. The van der Waals surface area contributed by atoms with Crippen LogP contribution < -0.4 is 5.32 Å². The summed E-state index contributed by atoms with van der Waals surface area (Å²) in [6.07, 6.45) is 0.220. The summed E-state index contributed by atoms with van der Waals surface area (Å²) in [6.45, 7) is 6.26. The quantitative estimate of drug-likeness (QED) is 0.828. The fourth-order valence-corrected chi connectivity index (χ4v) is 2.76. The molecular weight excluding hydrogens is 331 g/mol. The Kier molecular flexibility index (Phi) is 6.89. The number of likely N-dealkylation sites (N-methyl/N-ethyl adjacent to an activating group) is 1. The lowest BCUT2D eigenvalue weighted by Crippen LogP contribution is -2.48. The van der Waals surface area contributed by atoms with Crippen LogP contribution in [0.1, 0.15) is 30.5 Å². The van der Waals surface area contributed by atoms with E-state index in [2.05, 4.69) is 5.32 Å². The number of benzene rings is 2. The summed E-state index contributed by atoms with van der Waals surface area (Å²) >= 11 is 0. The number of aryl methyl sites for hydroxylation is 1. The van der Waals surface area contributed by atoms with Gasteiger partial charge in [0.1, 0.15) is 11.9 Å². The van der Waals surface area contributed by atoms with Gasteiger partial charge >= 0.3 is 0 Å². The predicted octanol–water partition coefficient (Wildman–Crippen LogP) is 3.23. The van der Waals surface area contributed by atoms with Gasteiger partial charge < -0.3 is 10.2 Å². The Morgan fingerprint density at radius 3 is 2.38 bits per heavy atom. The molecule has 4 nitrogen and oxygen atoms in total. The van der Waals surface area contributed by atoms with Crippen LogP contribution in [0.15, 0.2) is 48.5 Å². The zero-order valence-electron chi connectivity index (χ0n) is 15.5. The standard InChI is InChI=1S/C21H25FN2O2/c1-4-23-21(26)16(3)24(14-17-9-11-19(22)12-10-17)20(25)13-18-8-6-5-7-15(18)2/h5-12,16H,4,13-14H2,1-3H3,(H,23,26)/t16-/m0/s1. The van der Waals surface area contributed by atoms with Crippen molar-refractivity contribution in [3.8, 4) is 0 Å². The molecule has 2 rings (SSSR count). The van der Waals surface area contributed by atoms with Crippen molar-refractivity contribution in [2.75, 3.05) is 6.54 Å². The van der Waals surface area contributed by atoms with Crippen LogP contribution in [0.3, 0.4) is 0 Å². The maximum Gasteiger partial charge on any atom is 0.242 e. The molecule has 0 bridgehead atoms. The minimum absolute atomic E-state index is 0.137. The lowest BCUT2D eigenvalue weighted by atomic mass is 10.0. The minimum atomic E-state index is -0.614. The highest BCUT2D eigenvalue weighted by atomic mass is 19.1. The molecule has 0 heterocycles. The van der Waals surface area contributed by atoms with E-state index in [1.54, 1.807) is 24.0 Å². The van der Waals surface area contributed by atoms with E-state index < -0.39 is 6.04 Å². The van der Waals surface area contributed by atoms with E-state index >= 15 is 0 Å². The first-order chi connectivity index (χ1) is 12.4. The monoisotopic (exact) mass is 356 g/mol. The SMILES string of the molecule is CCNC(=O)[C@H](C)N(Cc1ccc(F)cc1)C(=O)Cc1ccccc1C. The number of rotatable bonds is 7. The smallest absolute Gasteiger partial charge is 0.242 e. The van der Waals surface area contributed by atoms with Gasteiger partial charge in [0, 0.05) is 13.1 Å². The number of amides is 2. The number of halogens is 1. The van der Waals surface area contributed by atoms with Gasteiger partial charge in [-0.3, -0.25) is 9.59 Å². The van der Waals surface area contributed by atoms with Gasteiger partial charge in [-0.25, -0.2) is 4.39 Å². The summed E-state index contributed by atoms with van der Waals surface area (Å²) in [5, 5.41) is 2.76. The maximum atomic E-state index is 13.2. The van der Waals surface area contributed by atoms with Crippen LogP contribution >= 0.6 is 0 Å². The first-order valence-electron chi connectivity index (χ1n) is 8.78. The Balaban J connectivity index is 2.23. The van der Waals surface area contributed by atoms with E-state index in [9.17, 15) is 14.0 Å². The third-order valence-corrected chi connectivity index (χ3v) is 4.39. The molecule has 0 aliphatic carbocycles. The van der Waals surface area contributed by atoms with Crippen molar-refractivity contribution >= 4 is 11.8 Å². The zero-order chi connectivity index (χ0) is 19.1. The molecule has 138 valence electrons. The van der Waals surface area contributed by atoms with Crippen molar-refractivity contribution in [2.24, 2.45) is 0 Å². The van der Waals surface area contributed by atoms with Gasteiger partial charge in [-0.2, -0.15) is 0 Å². The number of nitrogens with one attached hydrogen (secondary N) is 1. The van der Waals surface area contributed by atoms with Crippen LogP contribution in [-0.2, 0) is 22.6 Å². The lowest BCUT2D eigenvalue weighted by molar-refractivity contribution is -0.140. The zero-order valence-corrected chi connectivity index (χ0v) is 15.5. The average molecular weight is 356 g/mol. The molecule has 0 radical (unpaired) electrons. The van der Waals surface area contributed by atoms with Gasteiger partial charge in [0.15, 0.2) is 0 Å². The molecule has 0 spiro atoms.